The van der Waals surface area contributed by atoms with Gasteiger partial charge in [-0.2, -0.15) is 8.42 Å². The molecule has 7 nitrogen and oxygen atoms in total. The van der Waals surface area contributed by atoms with Gasteiger partial charge in [0.15, 0.2) is 0 Å². The van der Waals surface area contributed by atoms with Crippen molar-refractivity contribution in [3.63, 3.8) is 0 Å². The van der Waals surface area contributed by atoms with Crippen molar-refractivity contribution in [1.82, 2.24) is 15.0 Å². The maximum Gasteiger partial charge on any atom is 0.269 e. The minimum absolute atomic E-state index is 0.229. The van der Waals surface area contributed by atoms with E-state index in [1.54, 1.807) is 24.5 Å². The van der Waals surface area contributed by atoms with E-state index in [1.807, 2.05) is 52.0 Å². The Morgan fingerprint density at radius 2 is 1.41 bits per heavy atom. The summed E-state index contributed by atoms with van der Waals surface area (Å²) in [4.78, 5) is 25.8. The molecule has 0 amide bonds. The lowest BCUT2D eigenvalue weighted by Crippen LogP contribution is -2.19. The lowest BCUT2D eigenvalue weighted by Gasteiger charge is -2.16. The first-order valence-corrected chi connectivity index (χ1v) is 13.0. The first-order chi connectivity index (χ1) is 15.9. The van der Waals surface area contributed by atoms with Gasteiger partial charge >= 0.3 is 0 Å². The van der Waals surface area contributed by atoms with Crippen LogP contribution in [-0.2, 0) is 33.5 Å². The smallest absolute Gasteiger partial charge is 0.269 e. The highest BCUT2D eigenvalue weighted by molar-refractivity contribution is 7.85. The van der Waals surface area contributed by atoms with E-state index in [1.165, 1.54) is 0 Å². The van der Waals surface area contributed by atoms with E-state index in [2.05, 4.69) is 9.97 Å². The maximum atomic E-state index is 12.2. The fourth-order valence-corrected chi connectivity index (χ4v) is 4.16. The Morgan fingerprint density at radius 1 is 0.882 bits per heavy atom. The summed E-state index contributed by atoms with van der Waals surface area (Å²) >= 11 is 0. The van der Waals surface area contributed by atoms with Gasteiger partial charge in [0, 0.05) is 24.2 Å². The standard InChI is InChI=1S/C26H31N3O4S/c1-5-18-9-11-27-21(13-18)23-15-20(17-34(31,32)33)16-24(29-23)22-14-19(10-12-28-22)7-6-8-25(30)26(2,3)4/h9-16H,5-8,17H2,1-4H3,(H,31,32,33). The van der Waals surface area contributed by atoms with Crippen LogP contribution >= 0.6 is 0 Å². The number of carbonyl (C=O) groups excluding carboxylic acids is 1. The third-order valence-electron chi connectivity index (χ3n) is 5.52. The van der Waals surface area contributed by atoms with Crippen LogP contribution in [0.25, 0.3) is 22.8 Å². The van der Waals surface area contributed by atoms with Gasteiger partial charge in [-0.1, -0.05) is 27.7 Å². The Hall–Kier alpha value is -2.97. The highest BCUT2D eigenvalue weighted by Gasteiger charge is 2.20. The summed E-state index contributed by atoms with van der Waals surface area (Å²) in [5.74, 6) is -0.301. The number of pyridine rings is 3. The lowest BCUT2D eigenvalue weighted by molar-refractivity contribution is -0.126. The van der Waals surface area contributed by atoms with Crippen molar-refractivity contribution in [2.45, 2.75) is 59.1 Å². The molecule has 180 valence electrons. The van der Waals surface area contributed by atoms with Gasteiger partial charge < -0.3 is 0 Å². The second-order valence-corrected chi connectivity index (χ2v) is 10.9. The van der Waals surface area contributed by atoms with Gasteiger partial charge in [0.25, 0.3) is 10.1 Å². The van der Waals surface area contributed by atoms with Crippen molar-refractivity contribution in [3.8, 4) is 22.8 Å². The van der Waals surface area contributed by atoms with Gasteiger partial charge in [0.05, 0.1) is 22.8 Å². The first kappa shape index (κ1) is 25.6. The molecule has 0 aromatic carbocycles. The molecule has 3 aromatic rings. The van der Waals surface area contributed by atoms with E-state index in [9.17, 15) is 17.8 Å². The molecule has 3 rings (SSSR count). The molecule has 3 aromatic heterocycles. The van der Waals surface area contributed by atoms with Crippen LogP contribution < -0.4 is 0 Å². The normalized spacial score (nSPS) is 12.0. The summed E-state index contributed by atoms with van der Waals surface area (Å²) in [5, 5.41) is 0. The summed E-state index contributed by atoms with van der Waals surface area (Å²) in [5.41, 5.74) is 4.36. The van der Waals surface area contributed by atoms with Crippen LogP contribution in [0, 0.1) is 5.41 Å². The minimum atomic E-state index is -4.23. The Labute approximate surface area is 201 Å². The van der Waals surface area contributed by atoms with E-state index in [0.29, 0.717) is 34.8 Å². The van der Waals surface area contributed by atoms with Crippen LogP contribution in [0.5, 0.6) is 0 Å². The average Bonchev–Trinajstić information content (AvgIpc) is 2.77. The molecule has 0 atom stereocenters. The quantitative estimate of drug-likeness (QED) is 0.424. The summed E-state index contributed by atoms with van der Waals surface area (Å²) in [6.45, 7) is 7.81. The number of nitrogens with zero attached hydrogens (tertiary/aromatic N) is 3. The number of hydrogen-bond acceptors (Lipinski definition) is 6. The monoisotopic (exact) mass is 481 g/mol. The Balaban J connectivity index is 1.94. The van der Waals surface area contributed by atoms with Crippen LogP contribution in [0.1, 0.15) is 57.2 Å². The summed E-state index contributed by atoms with van der Waals surface area (Å²) in [6.07, 6.45) is 6.16. The van der Waals surface area contributed by atoms with E-state index >= 15 is 0 Å². The molecular weight excluding hydrogens is 450 g/mol. The van der Waals surface area contributed by atoms with E-state index in [0.717, 1.165) is 30.4 Å². The molecule has 0 radical (unpaired) electrons. The number of hydrogen-bond donors (Lipinski definition) is 1. The number of ketones is 1. The molecule has 0 aliphatic heterocycles. The second-order valence-electron chi connectivity index (χ2n) is 9.45. The molecule has 3 heterocycles. The fourth-order valence-electron chi connectivity index (χ4n) is 3.58. The predicted octanol–water partition coefficient (Wildman–Crippen LogP) is 5.09. The van der Waals surface area contributed by atoms with Gasteiger partial charge in [0.1, 0.15) is 11.5 Å². The van der Waals surface area contributed by atoms with Crippen LogP contribution in [0.2, 0.25) is 0 Å². The fraction of sp³-hybridized carbons (Fsp3) is 0.385. The molecular formula is C26H31N3O4S. The highest BCUT2D eigenvalue weighted by Crippen LogP contribution is 2.25. The first-order valence-electron chi connectivity index (χ1n) is 11.3. The Morgan fingerprint density at radius 3 is 1.94 bits per heavy atom. The third kappa shape index (κ3) is 7.27. The van der Waals surface area contributed by atoms with Gasteiger partial charge in [-0.3, -0.25) is 19.3 Å². The SMILES string of the molecule is CCc1ccnc(-c2cc(CS(=O)(=O)O)cc(-c3cc(CCCC(=O)C(C)(C)C)ccn3)n2)c1. The number of aryl methyl sites for hydroxylation is 2. The second kappa shape index (κ2) is 10.5. The van der Waals surface area contributed by atoms with Crippen molar-refractivity contribution in [2.24, 2.45) is 5.41 Å². The zero-order valence-corrected chi connectivity index (χ0v) is 20.9. The van der Waals surface area contributed by atoms with Crippen LogP contribution in [-0.4, -0.2) is 33.7 Å². The van der Waals surface area contributed by atoms with Gasteiger partial charge in [0.2, 0.25) is 0 Å². The molecule has 0 bridgehead atoms. The van der Waals surface area contributed by atoms with Crippen LogP contribution in [0.15, 0.2) is 48.8 Å². The minimum Gasteiger partial charge on any atom is -0.299 e. The number of carbonyl (C=O) groups is 1. The largest absolute Gasteiger partial charge is 0.299 e. The molecule has 1 N–H and O–H groups in total. The van der Waals surface area contributed by atoms with E-state index in [4.69, 9.17) is 4.98 Å². The average molecular weight is 482 g/mol. The van der Waals surface area contributed by atoms with Gasteiger partial charge in [-0.25, -0.2) is 4.98 Å². The zero-order chi connectivity index (χ0) is 24.9. The molecule has 34 heavy (non-hydrogen) atoms. The molecule has 0 unspecified atom stereocenters. The topological polar surface area (TPSA) is 110 Å². The number of aromatic nitrogens is 3. The number of Topliss-reactive ketones (excluding diaryl/α,β-unsaturated/α-hetero) is 1. The zero-order valence-electron chi connectivity index (χ0n) is 20.1. The van der Waals surface area contributed by atoms with Crippen molar-refractivity contribution in [2.75, 3.05) is 0 Å². The van der Waals surface area contributed by atoms with Crippen molar-refractivity contribution in [3.05, 3.63) is 65.5 Å². The Bertz CT molecular complexity index is 1280. The molecule has 0 saturated carbocycles. The van der Waals surface area contributed by atoms with Gasteiger partial charge in [-0.15, -0.1) is 0 Å². The summed E-state index contributed by atoms with van der Waals surface area (Å²) < 4.78 is 32.6. The number of rotatable bonds is 9. The molecule has 0 saturated heterocycles. The third-order valence-corrected chi connectivity index (χ3v) is 6.22. The molecule has 0 fully saturated rings. The Kier molecular flexibility index (Phi) is 7.94. The lowest BCUT2D eigenvalue weighted by atomic mass is 9.87. The summed E-state index contributed by atoms with van der Waals surface area (Å²) in [6, 6.07) is 10.9. The van der Waals surface area contributed by atoms with E-state index in [-0.39, 0.29) is 11.2 Å². The van der Waals surface area contributed by atoms with E-state index < -0.39 is 15.9 Å². The van der Waals surface area contributed by atoms with Crippen molar-refractivity contribution >= 4 is 15.9 Å². The molecule has 8 heteroatoms. The maximum absolute atomic E-state index is 12.2. The van der Waals surface area contributed by atoms with Crippen LogP contribution in [0.3, 0.4) is 0 Å². The van der Waals surface area contributed by atoms with Crippen molar-refractivity contribution < 1.29 is 17.8 Å². The summed E-state index contributed by atoms with van der Waals surface area (Å²) in [7, 11) is -4.23. The molecule has 0 spiro atoms. The van der Waals surface area contributed by atoms with Gasteiger partial charge in [-0.05, 0) is 72.4 Å². The van der Waals surface area contributed by atoms with Crippen LogP contribution in [0.4, 0.5) is 0 Å². The molecule has 0 aliphatic carbocycles. The highest BCUT2D eigenvalue weighted by atomic mass is 32.2. The molecule has 0 aliphatic rings. The predicted molar refractivity (Wildman–Crippen MR) is 133 cm³/mol. The van der Waals surface area contributed by atoms with Crippen molar-refractivity contribution in [1.29, 1.82) is 0 Å².